The van der Waals surface area contributed by atoms with Gasteiger partial charge in [0.25, 0.3) is 0 Å². The van der Waals surface area contributed by atoms with Crippen LogP contribution in [0.5, 0.6) is 0 Å². The molecule has 0 amide bonds. The quantitative estimate of drug-likeness (QED) is 0.644. The first-order chi connectivity index (χ1) is 8.77. The first kappa shape index (κ1) is 13.5. The summed E-state index contributed by atoms with van der Waals surface area (Å²) in [7, 11) is 0. The minimum absolute atomic E-state index is 0.0844. The molecule has 0 fully saturated rings. The topological polar surface area (TPSA) is 0 Å². The Balaban J connectivity index is 2.61. The van der Waals surface area contributed by atoms with E-state index in [9.17, 15) is 22.0 Å². The number of aryl methyl sites for hydroxylation is 1. The number of rotatable bonds is 1. The van der Waals surface area contributed by atoms with Crippen LogP contribution in [0, 0.1) is 18.6 Å². The minimum atomic E-state index is -4.49. The van der Waals surface area contributed by atoms with Crippen molar-refractivity contribution in [2.75, 3.05) is 0 Å². The van der Waals surface area contributed by atoms with Gasteiger partial charge in [0.15, 0.2) is 0 Å². The van der Waals surface area contributed by atoms with Crippen LogP contribution in [0.3, 0.4) is 0 Å². The van der Waals surface area contributed by atoms with E-state index in [1.807, 2.05) is 0 Å². The van der Waals surface area contributed by atoms with E-state index in [0.717, 1.165) is 24.3 Å². The monoisotopic (exact) mass is 272 g/mol. The van der Waals surface area contributed by atoms with Crippen molar-refractivity contribution in [1.29, 1.82) is 0 Å². The molecule has 0 saturated heterocycles. The van der Waals surface area contributed by atoms with Crippen molar-refractivity contribution in [3.05, 3.63) is 59.2 Å². The summed E-state index contributed by atoms with van der Waals surface area (Å²) in [6, 6.07) is 5.79. The molecule has 0 bridgehead atoms. The molecule has 2 rings (SSSR count). The molecular weight excluding hydrogens is 263 g/mol. The lowest BCUT2D eigenvalue weighted by Gasteiger charge is -2.12. The summed E-state index contributed by atoms with van der Waals surface area (Å²) in [5.74, 6) is -1.65. The molecule has 0 heterocycles. The van der Waals surface area contributed by atoms with E-state index >= 15 is 0 Å². The summed E-state index contributed by atoms with van der Waals surface area (Å²) < 4.78 is 64.1. The Kier molecular flexibility index (Phi) is 3.30. The van der Waals surface area contributed by atoms with Gasteiger partial charge in [-0.05, 0) is 47.9 Å². The molecule has 0 aliphatic rings. The first-order valence-electron chi connectivity index (χ1n) is 5.41. The average Bonchev–Trinajstić information content (AvgIpc) is 2.26. The normalized spacial score (nSPS) is 11.7. The van der Waals surface area contributed by atoms with Gasteiger partial charge in [0.1, 0.15) is 11.6 Å². The SMILES string of the molecule is Cc1ccc(C(F)(F)F)cc1-c1cc(F)cc(F)c1. The van der Waals surface area contributed by atoms with E-state index in [2.05, 4.69) is 0 Å². The fourth-order valence-electron chi connectivity index (χ4n) is 1.82. The number of alkyl halides is 3. The van der Waals surface area contributed by atoms with E-state index < -0.39 is 23.4 Å². The van der Waals surface area contributed by atoms with E-state index in [0.29, 0.717) is 11.6 Å². The highest BCUT2D eigenvalue weighted by molar-refractivity contribution is 5.68. The molecule has 0 nitrogen and oxygen atoms in total. The molecule has 2 aromatic rings. The predicted molar refractivity (Wildman–Crippen MR) is 61.5 cm³/mol. The van der Waals surface area contributed by atoms with Crippen molar-refractivity contribution in [2.45, 2.75) is 13.1 Å². The number of benzene rings is 2. The van der Waals surface area contributed by atoms with E-state index in [1.54, 1.807) is 6.92 Å². The van der Waals surface area contributed by atoms with Crippen molar-refractivity contribution < 1.29 is 22.0 Å². The molecule has 0 atom stereocenters. The van der Waals surface area contributed by atoms with Gasteiger partial charge in [-0.15, -0.1) is 0 Å². The zero-order chi connectivity index (χ0) is 14.2. The van der Waals surface area contributed by atoms with E-state index in [1.165, 1.54) is 6.07 Å². The van der Waals surface area contributed by atoms with Gasteiger partial charge in [-0.2, -0.15) is 13.2 Å². The highest BCUT2D eigenvalue weighted by atomic mass is 19.4. The minimum Gasteiger partial charge on any atom is -0.207 e. The Morgan fingerprint density at radius 2 is 1.42 bits per heavy atom. The van der Waals surface area contributed by atoms with Crippen LogP contribution in [0.1, 0.15) is 11.1 Å². The average molecular weight is 272 g/mol. The van der Waals surface area contributed by atoms with Crippen LogP contribution in [0.4, 0.5) is 22.0 Å². The lowest BCUT2D eigenvalue weighted by molar-refractivity contribution is -0.137. The summed E-state index contributed by atoms with van der Waals surface area (Å²) in [6.07, 6.45) is -4.49. The van der Waals surface area contributed by atoms with Gasteiger partial charge in [-0.1, -0.05) is 6.07 Å². The first-order valence-corrected chi connectivity index (χ1v) is 5.41. The van der Waals surface area contributed by atoms with Crippen molar-refractivity contribution >= 4 is 0 Å². The fourth-order valence-corrected chi connectivity index (χ4v) is 1.82. The highest BCUT2D eigenvalue weighted by Gasteiger charge is 2.30. The Morgan fingerprint density at radius 1 is 0.842 bits per heavy atom. The second kappa shape index (κ2) is 4.64. The van der Waals surface area contributed by atoms with Gasteiger partial charge in [0.05, 0.1) is 5.56 Å². The highest BCUT2D eigenvalue weighted by Crippen LogP contribution is 2.34. The largest absolute Gasteiger partial charge is 0.416 e. The zero-order valence-electron chi connectivity index (χ0n) is 9.85. The van der Waals surface area contributed by atoms with Crippen LogP contribution in [0.15, 0.2) is 36.4 Å². The maximum atomic E-state index is 13.1. The lowest BCUT2D eigenvalue weighted by Crippen LogP contribution is -2.05. The second-order valence-corrected chi connectivity index (χ2v) is 4.19. The molecule has 0 aromatic heterocycles. The second-order valence-electron chi connectivity index (χ2n) is 4.19. The lowest BCUT2D eigenvalue weighted by atomic mass is 9.98. The van der Waals surface area contributed by atoms with Crippen LogP contribution in [-0.4, -0.2) is 0 Å². The van der Waals surface area contributed by atoms with Gasteiger partial charge in [0, 0.05) is 6.07 Å². The van der Waals surface area contributed by atoms with Gasteiger partial charge in [-0.3, -0.25) is 0 Å². The molecule has 0 aliphatic heterocycles. The third-order valence-electron chi connectivity index (χ3n) is 2.74. The molecule has 2 aromatic carbocycles. The van der Waals surface area contributed by atoms with Crippen molar-refractivity contribution in [1.82, 2.24) is 0 Å². The Hall–Kier alpha value is -1.91. The summed E-state index contributed by atoms with van der Waals surface area (Å²) in [4.78, 5) is 0. The van der Waals surface area contributed by atoms with Gasteiger partial charge >= 0.3 is 6.18 Å². The van der Waals surface area contributed by atoms with Crippen molar-refractivity contribution in [3.63, 3.8) is 0 Å². The third kappa shape index (κ3) is 2.92. The number of hydrogen-bond acceptors (Lipinski definition) is 0. The molecule has 0 unspecified atom stereocenters. The Morgan fingerprint density at radius 3 is 1.95 bits per heavy atom. The molecule has 0 radical (unpaired) electrons. The number of hydrogen-bond donors (Lipinski definition) is 0. The molecule has 0 saturated carbocycles. The Bertz CT molecular complexity index is 593. The maximum absolute atomic E-state index is 13.1. The number of halogens is 5. The standard InChI is InChI=1S/C14H9F5/c1-8-2-3-10(14(17,18)19)6-13(8)9-4-11(15)7-12(16)5-9/h2-7H,1H3. The Labute approximate surface area is 106 Å². The van der Waals surface area contributed by atoms with Gasteiger partial charge in [-0.25, -0.2) is 8.78 Å². The fraction of sp³-hybridized carbons (Fsp3) is 0.143. The summed E-state index contributed by atoms with van der Waals surface area (Å²) >= 11 is 0. The van der Waals surface area contributed by atoms with E-state index in [4.69, 9.17) is 0 Å². The van der Waals surface area contributed by atoms with Crippen LogP contribution in [-0.2, 0) is 6.18 Å². The van der Waals surface area contributed by atoms with Crippen LogP contribution >= 0.6 is 0 Å². The molecule has 100 valence electrons. The van der Waals surface area contributed by atoms with Crippen LogP contribution < -0.4 is 0 Å². The predicted octanol–water partition coefficient (Wildman–Crippen LogP) is 4.96. The summed E-state index contributed by atoms with van der Waals surface area (Å²) in [5, 5.41) is 0. The van der Waals surface area contributed by atoms with Crippen LogP contribution in [0.2, 0.25) is 0 Å². The van der Waals surface area contributed by atoms with Gasteiger partial charge in [0.2, 0.25) is 0 Å². The van der Waals surface area contributed by atoms with Crippen molar-refractivity contribution in [3.8, 4) is 11.1 Å². The molecule has 19 heavy (non-hydrogen) atoms. The zero-order valence-corrected chi connectivity index (χ0v) is 9.85. The molecule has 0 spiro atoms. The third-order valence-corrected chi connectivity index (χ3v) is 2.74. The molecular formula is C14H9F5. The van der Waals surface area contributed by atoms with Crippen molar-refractivity contribution in [2.24, 2.45) is 0 Å². The summed E-state index contributed by atoms with van der Waals surface area (Å²) in [5.41, 5.74) is -0.0925. The maximum Gasteiger partial charge on any atom is 0.416 e. The molecule has 5 heteroatoms. The smallest absolute Gasteiger partial charge is 0.207 e. The molecule has 0 N–H and O–H groups in total. The molecule has 0 aliphatic carbocycles. The van der Waals surface area contributed by atoms with Crippen LogP contribution in [0.25, 0.3) is 11.1 Å². The van der Waals surface area contributed by atoms with E-state index in [-0.39, 0.29) is 11.1 Å². The van der Waals surface area contributed by atoms with Gasteiger partial charge < -0.3 is 0 Å². The summed E-state index contributed by atoms with van der Waals surface area (Å²) in [6.45, 7) is 1.58.